The zero-order chi connectivity index (χ0) is 18.2. The van der Waals surface area contributed by atoms with Crippen molar-refractivity contribution in [3.05, 3.63) is 59.1 Å². The summed E-state index contributed by atoms with van der Waals surface area (Å²) in [5.41, 5.74) is 1.46. The molecule has 5 nitrogen and oxygen atoms in total. The van der Waals surface area contributed by atoms with Gasteiger partial charge in [-0.2, -0.15) is 0 Å². The Bertz CT molecular complexity index is 713. The second kappa shape index (κ2) is 9.08. The molecule has 0 bridgehead atoms. The van der Waals surface area contributed by atoms with Gasteiger partial charge < -0.3 is 15.2 Å². The number of halogens is 1. The summed E-state index contributed by atoms with van der Waals surface area (Å²) < 4.78 is 5.35. The Morgan fingerprint density at radius 2 is 1.76 bits per heavy atom. The van der Waals surface area contributed by atoms with E-state index in [0.717, 1.165) is 5.56 Å². The number of ether oxygens (including phenoxy) is 1. The molecular weight excluding hydrogens is 342 g/mol. The standard InChI is InChI=1S/C19H20ClNO4/c1-2-25-17-9-7-16(8-10-17)21-19(24)14(12-18(22)23)11-13-3-5-15(20)6-4-13/h3-10,14H,2,11-12H2,1H3,(H,21,24)(H,22,23)/t14-/m0/s1. The van der Waals surface area contributed by atoms with E-state index in [1.807, 2.05) is 6.92 Å². The maximum atomic E-state index is 12.5. The lowest BCUT2D eigenvalue weighted by atomic mass is 9.95. The number of aliphatic carboxylic acids is 1. The van der Waals surface area contributed by atoms with Gasteiger partial charge in [0.05, 0.1) is 18.9 Å². The molecule has 132 valence electrons. The summed E-state index contributed by atoms with van der Waals surface area (Å²) in [7, 11) is 0. The van der Waals surface area contributed by atoms with Crippen molar-refractivity contribution >= 4 is 29.2 Å². The molecular formula is C19H20ClNO4. The van der Waals surface area contributed by atoms with Gasteiger partial charge in [-0.15, -0.1) is 0 Å². The Morgan fingerprint density at radius 1 is 1.12 bits per heavy atom. The van der Waals surface area contributed by atoms with E-state index in [-0.39, 0.29) is 12.3 Å². The predicted octanol–water partition coefficient (Wildman–Crippen LogP) is 4.01. The summed E-state index contributed by atoms with van der Waals surface area (Å²) in [5.74, 6) is -1.31. The molecule has 0 fully saturated rings. The second-order valence-electron chi connectivity index (χ2n) is 5.57. The first-order chi connectivity index (χ1) is 12.0. The monoisotopic (exact) mass is 361 g/mol. The summed E-state index contributed by atoms with van der Waals surface area (Å²) in [5, 5.41) is 12.5. The lowest BCUT2D eigenvalue weighted by Crippen LogP contribution is -2.27. The minimum Gasteiger partial charge on any atom is -0.494 e. The highest BCUT2D eigenvalue weighted by atomic mass is 35.5. The van der Waals surface area contributed by atoms with Gasteiger partial charge >= 0.3 is 5.97 Å². The van der Waals surface area contributed by atoms with Crippen LogP contribution in [-0.4, -0.2) is 23.6 Å². The van der Waals surface area contributed by atoms with Gasteiger partial charge in [-0.25, -0.2) is 0 Å². The number of anilines is 1. The molecule has 0 aliphatic rings. The summed E-state index contributed by atoms with van der Waals surface area (Å²) in [6.07, 6.45) is 0.0812. The van der Waals surface area contributed by atoms with E-state index < -0.39 is 11.9 Å². The second-order valence-corrected chi connectivity index (χ2v) is 6.01. The van der Waals surface area contributed by atoms with E-state index in [1.165, 1.54) is 0 Å². The van der Waals surface area contributed by atoms with Gasteiger partial charge in [0.15, 0.2) is 0 Å². The molecule has 0 aliphatic heterocycles. The summed E-state index contributed by atoms with van der Waals surface area (Å²) in [6.45, 7) is 2.45. The van der Waals surface area contributed by atoms with Crippen molar-refractivity contribution in [3.63, 3.8) is 0 Å². The summed E-state index contributed by atoms with van der Waals surface area (Å²) in [4.78, 5) is 23.6. The first kappa shape index (κ1) is 18.8. The number of amides is 1. The number of hydrogen-bond donors (Lipinski definition) is 2. The van der Waals surface area contributed by atoms with Crippen LogP contribution in [0.15, 0.2) is 48.5 Å². The summed E-state index contributed by atoms with van der Waals surface area (Å²) >= 11 is 5.85. The third-order valence-electron chi connectivity index (χ3n) is 3.62. The predicted molar refractivity (Wildman–Crippen MR) is 97.1 cm³/mol. The topological polar surface area (TPSA) is 75.6 Å². The van der Waals surface area contributed by atoms with E-state index in [0.29, 0.717) is 29.5 Å². The van der Waals surface area contributed by atoms with Crippen molar-refractivity contribution in [3.8, 4) is 5.75 Å². The van der Waals surface area contributed by atoms with E-state index in [1.54, 1.807) is 48.5 Å². The highest BCUT2D eigenvalue weighted by molar-refractivity contribution is 6.30. The lowest BCUT2D eigenvalue weighted by molar-refractivity contribution is -0.140. The number of carbonyl (C=O) groups is 2. The maximum Gasteiger partial charge on any atom is 0.304 e. The third-order valence-corrected chi connectivity index (χ3v) is 3.87. The van der Waals surface area contributed by atoms with Crippen LogP contribution in [0.1, 0.15) is 18.9 Å². The molecule has 25 heavy (non-hydrogen) atoms. The van der Waals surface area contributed by atoms with Crippen LogP contribution in [0.5, 0.6) is 5.75 Å². The van der Waals surface area contributed by atoms with Crippen molar-refractivity contribution < 1.29 is 19.4 Å². The number of rotatable bonds is 8. The van der Waals surface area contributed by atoms with Crippen LogP contribution in [0.4, 0.5) is 5.69 Å². The third kappa shape index (κ3) is 6.12. The highest BCUT2D eigenvalue weighted by Gasteiger charge is 2.22. The SMILES string of the molecule is CCOc1ccc(NC(=O)[C@H](CC(=O)O)Cc2ccc(Cl)cc2)cc1. The number of carboxylic acid groups (broad SMARTS) is 1. The van der Waals surface area contributed by atoms with Crippen LogP contribution >= 0.6 is 11.6 Å². The first-order valence-electron chi connectivity index (χ1n) is 7.98. The van der Waals surface area contributed by atoms with E-state index in [9.17, 15) is 9.59 Å². The van der Waals surface area contributed by atoms with Gasteiger partial charge in [0, 0.05) is 10.7 Å². The van der Waals surface area contributed by atoms with Crippen LogP contribution in [0, 0.1) is 5.92 Å². The molecule has 1 amide bonds. The van der Waals surface area contributed by atoms with Crippen LogP contribution < -0.4 is 10.1 Å². The Kier molecular flexibility index (Phi) is 6.83. The number of nitrogens with one attached hydrogen (secondary N) is 1. The molecule has 0 radical (unpaired) electrons. The van der Waals surface area contributed by atoms with E-state index >= 15 is 0 Å². The van der Waals surface area contributed by atoms with Crippen molar-refractivity contribution in [1.29, 1.82) is 0 Å². The average molecular weight is 362 g/mol. The molecule has 0 aromatic heterocycles. The highest BCUT2D eigenvalue weighted by Crippen LogP contribution is 2.20. The Balaban J connectivity index is 2.06. The van der Waals surface area contributed by atoms with Crippen LogP contribution in [0.3, 0.4) is 0 Å². The van der Waals surface area contributed by atoms with E-state index in [2.05, 4.69) is 5.32 Å². The first-order valence-corrected chi connectivity index (χ1v) is 8.35. The lowest BCUT2D eigenvalue weighted by Gasteiger charge is -2.15. The Morgan fingerprint density at radius 3 is 2.32 bits per heavy atom. The molecule has 2 N–H and O–H groups in total. The number of carboxylic acids is 1. The minimum absolute atomic E-state index is 0.245. The molecule has 0 spiro atoms. The van der Waals surface area contributed by atoms with Gasteiger partial charge in [0.2, 0.25) is 5.91 Å². The van der Waals surface area contributed by atoms with Crippen molar-refractivity contribution in [2.45, 2.75) is 19.8 Å². The molecule has 2 aromatic rings. The molecule has 0 heterocycles. The average Bonchev–Trinajstić information content (AvgIpc) is 2.58. The van der Waals surface area contributed by atoms with Gasteiger partial charge in [-0.05, 0) is 55.3 Å². The Labute approximate surface area is 151 Å². The fourth-order valence-electron chi connectivity index (χ4n) is 2.42. The van der Waals surface area contributed by atoms with Crippen molar-refractivity contribution in [2.24, 2.45) is 5.92 Å². The molecule has 0 saturated carbocycles. The van der Waals surface area contributed by atoms with Crippen molar-refractivity contribution in [2.75, 3.05) is 11.9 Å². The molecule has 1 atom stereocenters. The quantitative estimate of drug-likeness (QED) is 0.744. The van der Waals surface area contributed by atoms with Crippen LogP contribution in [-0.2, 0) is 16.0 Å². The smallest absolute Gasteiger partial charge is 0.304 e. The molecule has 0 saturated heterocycles. The van der Waals surface area contributed by atoms with E-state index in [4.69, 9.17) is 21.4 Å². The zero-order valence-electron chi connectivity index (χ0n) is 13.9. The summed E-state index contributed by atoms with van der Waals surface area (Å²) in [6, 6.07) is 14.0. The van der Waals surface area contributed by atoms with Gasteiger partial charge in [-0.1, -0.05) is 23.7 Å². The van der Waals surface area contributed by atoms with Crippen LogP contribution in [0.25, 0.3) is 0 Å². The number of hydrogen-bond acceptors (Lipinski definition) is 3. The molecule has 0 aliphatic carbocycles. The molecule has 0 unspecified atom stereocenters. The minimum atomic E-state index is -1.01. The fourth-order valence-corrected chi connectivity index (χ4v) is 2.54. The fraction of sp³-hybridized carbons (Fsp3) is 0.263. The van der Waals surface area contributed by atoms with Gasteiger partial charge in [0.25, 0.3) is 0 Å². The van der Waals surface area contributed by atoms with Gasteiger partial charge in [0.1, 0.15) is 5.75 Å². The van der Waals surface area contributed by atoms with Crippen LogP contribution in [0.2, 0.25) is 5.02 Å². The maximum absolute atomic E-state index is 12.5. The zero-order valence-corrected chi connectivity index (χ0v) is 14.6. The van der Waals surface area contributed by atoms with Crippen molar-refractivity contribution in [1.82, 2.24) is 0 Å². The number of benzene rings is 2. The Hall–Kier alpha value is -2.53. The molecule has 2 rings (SSSR count). The van der Waals surface area contributed by atoms with Gasteiger partial charge in [-0.3, -0.25) is 9.59 Å². The normalized spacial score (nSPS) is 11.6. The molecule has 6 heteroatoms. The number of carbonyl (C=O) groups excluding carboxylic acids is 1. The molecule has 2 aromatic carbocycles. The largest absolute Gasteiger partial charge is 0.494 e.